The topological polar surface area (TPSA) is 112 Å². The summed E-state index contributed by atoms with van der Waals surface area (Å²) >= 11 is 2.83. The molecule has 5 rings (SSSR count). The van der Waals surface area contributed by atoms with Gasteiger partial charge in [-0.15, -0.1) is 21.5 Å². The first kappa shape index (κ1) is 21.4. The van der Waals surface area contributed by atoms with E-state index < -0.39 is 15.6 Å². The number of aryl methyl sites for hydroxylation is 3. The summed E-state index contributed by atoms with van der Waals surface area (Å²) in [5.74, 6) is 0. The predicted octanol–water partition coefficient (Wildman–Crippen LogP) is 2.90. The molecular weight excluding hydrogens is 468 g/mol. The molecule has 0 amide bonds. The lowest BCUT2D eigenvalue weighted by molar-refractivity contribution is 0.558. The molecule has 4 aromatic rings. The summed E-state index contributed by atoms with van der Waals surface area (Å²) < 4.78 is 31.8. The molecule has 12 heteroatoms. The highest BCUT2D eigenvalue weighted by Crippen LogP contribution is 2.36. The van der Waals surface area contributed by atoms with Crippen molar-refractivity contribution in [2.24, 2.45) is 0 Å². The van der Waals surface area contributed by atoms with E-state index in [1.165, 1.54) is 15.9 Å². The van der Waals surface area contributed by atoms with E-state index in [1.54, 1.807) is 34.1 Å². The van der Waals surface area contributed by atoms with Crippen LogP contribution in [-0.4, -0.2) is 38.3 Å². The summed E-state index contributed by atoms with van der Waals surface area (Å²) in [6.45, 7) is 7.90. The molecule has 0 radical (unpaired) electrons. The molecule has 168 valence electrons. The Bertz CT molecular complexity index is 1520. The highest BCUT2D eigenvalue weighted by Gasteiger charge is 2.41. The fourth-order valence-corrected chi connectivity index (χ4v) is 6.76. The van der Waals surface area contributed by atoms with Crippen molar-refractivity contribution in [3.63, 3.8) is 0 Å². The van der Waals surface area contributed by atoms with E-state index in [1.807, 2.05) is 27.7 Å². The molecule has 3 aromatic heterocycles. The summed E-state index contributed by atoms with van der Waals surface area (Å²) in [4.78, 5) is 19.1. The van der Waals surface area contributed by atoms with E-state index in [9.17, 15) is 13.2 Å². The summed E-state index contributed by atoms with van der Waals surface area (Å²) in [6.07, 6.45) is 1.63. The maximum Gasteiger partial charge on any atom is 0.335 e. The standard InChI is InChI=1S/C20H22N6O3S3/c1-11-17(30-12(2)21-11)10-25-15-6-5-14(32(28,29)24-20(4)7-8-20)9-16(15)26(19(25)27)18-23-22-13(3)31-18/h5-6,9,24H,7-8,10H2,1-4H3. The molecule has 0 bridgehead atoms. The molecule has 1 saturated carbocycles. The molecule has 0 unspecified atom stereocenters. The monoisotopic (exact) mass is 490 g/mol. The zero-order valence-corrected chi connectivity index (χ0v) is 20.5. The van der Waals surface area contributed by atoms with Crippen molar-refractivity contribution >= 4 is 43.7 Å². The second-order valence-corrected chi connectivity index (χ2v) is 12.5. The normalized spacial score (nSPS) is 15.5. The minimum Gasteiger partial charge on any atom is -0.286 e. The molecule has 0 aliphatic heterocycles. The number of aromatic nitrogens is 5. The van der Waals surface area contributed by atoms with Crippen LogP contribution in [0, 0.1) is 20.8 Å². The molecular formula is C20H22N6O3S3. The lowest BCUT2D eigenvalue weighted by atomic mass is 10.3. The molecule has 0 atom stereocenters. The molecule has 1 fully saturated rings. The van der Waals surface area contributed by atoms with Crippen LogP contribution in [0.4, 0.5) is 0 Å². The van der Waals surface area contributed by atoms with Crippen molar-refractivity contribution < 1.29 is 8.42 Å². The van der Waals surface area contributed by atoms with Crippen LogP contribution >= 0.6 is 22.7 Å². The molecule has 1 aliphatic carbocycles. The number of benzene rings is 1. The Kier molecular flexibility index (Phi) is 4.89. The van der Waals surface area contributed by atoms with Gasteiger partial charge in [-0.1, -0.05) is 11.3 Å². The van der Waals surface area contributed by atoms with Gasteiger partial charge in [0.25, 0.3) is 0 Å². The number of hydrogen-bond acceptors (Lipinski definition) is 8. The van der Waals surface area contributed by atoms with Crippen LogP contribution in [0.5, 0.6) is 0 Å². The van der Waals surface area contributed by atoms with E-state index in [-0.39, 0.29) is 10.6 Å². The van der Waals surface area contributed by atoms with Gasteiger partial charge in [0.05, 0.1) is 33.2 Å². The first-order chi connectivity index (χ1) is 15.1. The van der Waals surface area contributed by atoms with Gasteiger partial charge in [0.2, 0.25) is 15.2 Å². The Labute approximate surface area is 192 Å². The fraction of sp³-hybridized carbons (Fsp3) is 0.400. The highest BCUT2D eigenvalue weighted by atomic mass is 32.2. The van der Waals surface area contributed by atoms with Gasteiger partial charge in [0.1, 0.15) is 5.01 Å². The number of imidazole rings is 1. The molecule has 1 aliphatic rings. The molecule has 9 nitrogen and oxygen atoms in total. The van der Waals surface area contributed by atoms with Crippen LogP contribution in [-0.2, 0) is 16.6 Å². The Morgan fingerprint density at radius 2 is 1.84 bits per heavy atom. The zero-order valence-electron chi connectivity index (χ0n) is 18.0. The smallest absolute Gasteiger partial charge is 0.286 e. The molecule has 0 saturated heterocycles. The third kappa shape index (κ3) is 3.70. The largest absolute Gasteiger partial charge is 0.335 e. The molecule has 3 heterocycles. The van der Waals surface area contributed by atoms with E-state index in [0.717, 1.165) is 28.4 Å². The van der Waals surface area contributed by atoms with Crippen LogP contribution in [0.3, 0.4) is 0 Å². The SMILES string of the molecule is Cc1nnc(-n2c(=O)n(Cc3sc(C)nc3C)c3ccc(S(=O)(=O)NC4(C)CC4)cc32)s1. The minimum absolute atomic E-state index is 0.120. The first-order valence-corrected chi connectivity index (χ1v) is 13.2. The molecule has 1 N–H and O–H groups in total. The quantitative estimate of drug-likeness (QED) is 0.445. The Hall–Kier alpha value is -2.41. The third-order valence-corrected chi connectivity index (χ3v) is 9.12. The summed E-state index contributed by atoms with van der Waals surface area (Å²) in [6, 6.07) is 4.78. The average molecular weight is 491 g/mol. The van der Waals surface area contributed by atoms with Gasteiger partial charge in [0.15, 0.2) is 0 Å². The number of nitrogens with zero attached hydrogens (tertiary/aromatic N) is 5. The maximum atomic E-state index is 13.5. The Morgan fingerprint density at radius 3 is 2.44 bits per heavy atom. The van der Waals surface area contributed by atoms with Crippen molar-refractivity contribution in [3.8, 4) is 5.13 Å². The summed E-state index contributed by atoms with van der Waals surface area (Å²) in [5.41, 5.74) is 1.31. The average Bonchev–Trinajstić information content (AvgIpc) is 3.01. The highest BCUT2D eigenvalue weighted by molar-refractivity contribution is 7.89. The van der Waals surface area contributed by atoms with E-state index >= 15 is 0 Å². The number of thiazole rings is 1. The number of fused-ring (bicyclic) bond motifs is 1. The second-order valence-electron chi connectivity index (χ2n) is 8.37. The molecule has 1 aromatic carbocycles. The van der Waals surface area contributed by atoms with E-state index in [0.29, 0.717) is 27.7 Å². The number of hydrogen-bond donors (Lipinski definition) is 1. The van der Waals surface area contributed by atoms with Crippen molar-refractivity contribution in [2.45, 2.75) is 57.5 Å². The van der Waals surface area contributed by atoms with Gasteiger partial charge in [-0.05, 0) is 58.7 Å². The van der Waals surface area contributed by atoms with Crippen LogP contribution in [0.15, 0.2) is 27.9 Å². The van der Waals surface area contributed by atoms with Crippen LogP contribution in [0.25, 0.3) is 16.2 Å². The summed E-state index contributed by atoms with van der Waals surface area (Å²) in [5, 5.41) is 10.2. The number of sulfonamides is 1. The number of nitrogens with one attached hydrogen (secondary N) is 1. The van der Waals surface area contributed by atoms with Crippen molar-refractivity contribution in [1.29, 1.82) is 0 Å². The van der Waals surface area contributed by atoms with Crippen LogP contribution < -0.4 is 10.4 Å². The Morgan fingerprint density at radius 1 is 1.09 bits per heavy atom. The van der Waals surface area contributed by atoms with Crippen LogP contribution in [0.1, 0.15) is 40.4 Å². The van der Waals surface area contributed by atoms with E-state index in [4.69, 9.17) is 0 Å². The van der Waals surface area contributed by atoms with Gasteiger partial charge in [0, 0.05) is 10.4 Å². The lowest BCUT2D eigenvalue weighted by Crippen LogP contribution is -2.34. The summed E-state index contributed by atoms with van der Waals surface area (Å²) in [7, 11) is -3.72. The van der Waals surface area contributed by atoms with Gasteiger partial charge >= 0.3 is 5.69 Å². The second kappa shape index (κ2) is 7.30. The predicted molar refractivity (Wildman–Crippen MR) is 124 cm³/mol. The van der Waals surface area contributed by atoms with Gasteiger partial charge in [-0.25, -0.2) is 27.5 Å². The number of rotatable bonds is 6. The maximum absolute atomic E-state index is 13.5. The van der Waals surface area contributed by atoms with Crippen molar-refractivity contribution in [2.75, 3.05) is 0 Å². The molecule has 0 spiro atoms. The van der Waals surface area contributed by atoms with Gasteiger partial charge in [-0.3, -0.25) is 4.57 Å². The van der Waals surface area contributed by atoms with E-state index in [2.05, 4.69) is 19.9 Å². The van der Waals surface area contributed by atoms with Crippen LogP contribution in [0.2, 0.25) is 0 Å². The minimum atomic E-state index is -3.72. The molecule has 32 heavy (non-hydrogen) atoms. The van der Waals surface area contributed by atoms with Crippen molar-refractivity contribution in [1.82, 2.24) is 29.0 Å². The van der Waals surface area contributed by atoms with Gasteiger partial charge < -0.3 is 0 Å². The Balaban J connectivity index is 1.70. The first-order valence-electron chi connectivity index (χ1n) is 10.1. The lowest BCUT2D eigenvalue weighted by Gasteiger charge is -2.12. The zero-order chi connectivity index (χ0) is 22.8. The van der Waals surface area contributed by atoms with Gasteiger partial charge in [-0.2, -0.15) is 0 Å². The third-order valence-electron chi connectivity index (χ3n) is 5.60. The van der Waals surface area contributed by atoms with Crippen molar-refractivity contribution in [3.05, 3.63) is 49.3 Å². The fourth-order valence-electron chi connectivity index (χ4n) is 3.66.